The topological polar surface area (TPSA) is 101 Å². The molecule has 0 unspecified atom stereocenters. The Morgan fingerprint density at radius 2 is 1.45 bits per heavy atom. The summed E-state index contributed by atoms with van der Waals surface area (Å²) in [5, 5.41) is 0.144. The molecule has 1 saturated heterocycles. The van der Waals surface area contributed by atoms with Crippen LogP contribution in [0.3, 0.4) is 0 Å². The van der Waals surface area contributed by atoms with Gasteiger partial charge in [-0.1, -0.05) is 68.4 Å². The van der Waals surface area contributed by atoms with Crippen LogP contribution in [0.25, 0.3) is 10.8 Å². The SMILES string of the molecule is CC(C)[Si](Oc1cc(OS(=O)(=O)C(F)(F)F)c2c(CCCO[C@@H]3CC[C@H](O[Si](C)(C)C(C)(C)C)CN(C(=O)OC(C)(C)C)C3)c(F)ccc2c1)(C(C)C)C(C)C. The van der Waals surface area contributed by atoms with Gasteiger partial charge >= 0.3 is 21.7 Å². The van der Waals surface area contributed by atoms with Gasteiger partial charge in [0.15, 0.2) is 14.1 Å². The van der Waals surface area contributed by atoms with Gasteiger partial charge in [0.1, 0.15) is 17.2 Å². The molecule has 1 fully saturated rings. The Labute approximate surface area is 334 Å². The molecular weight excluding hydrogens is 787 g/mol. The molecule has 16 heteroatoms. The molecule has 56 heavy (non-hydrogen) atoms. The van der Waals surface area contributed by atoms with Crippen molar-refractivity contribution in [2.45, 2.75) is 167 Å². The normalized spacial score (nSPS) is 18.2. The van der Waals surface area contributed by atoms with E-state index in [9.17, 15) is 26.4 Å². The van der Waals surface area contributed by atoms with Crippen molar-refractivity contribution in [2.75, 3.05) is 19.7 Å². The molecule has 0 bridgehead atoms. The number of alkyl halides is 3. The van der Waals surface area contributed by atoms with E-state index in [-0.39, 0.29) is 75.8 Å². The van der Waals surface area contributed by atoms with Crippen molar-refractivity contribution in [3.05, 3.63) is 35.6 Å². The number of fused-ring (bicyclic) bond motifs is 1. The van der Waals surface area contributed by atoms with Gasteiger partial charge in [-0.05, 0) is 104 Å². The zero-order valence-electron chi connectivity index (χ0n) is 35.8. The van der Waals surface area contributed by atoms with E-state index >= 15 is 4.39 Å². The molecular formula is C40H65F4NO8SSi2. The summed E-state index contributed by atoms with van der Waals surface area (Å²) in [7, 11) is -10.9. The van der Waals surface area contributed by atoms with Gasteiger partial charge in [-0.15, -0.1) is 0 Å². The number of halogens is 4. The summed E-state index contributed by atoms with van der Waals surface area (Å²) < 4.78 is 112. The van der Waals surface area contributed by atoms with E-state index in [0.717, 1.165) is 6.07 Å². The summed E-state index contributed by atoms with van der Waals surface area (Å²) in [6.07, 6.45) is 0.360. The van der Waals surface area contributed by atoms with Crippen molar-refractivity contribution in [3.63, 3.8) is 0 Å². The fourth-order valence-corrected chi connectivity index (χ4v) is 14.5. The third-order valence-electron chi connectivity index (χ3n) is 11.1. The molecule has 3 rings (SSSR count). The maximum Gasteiger partial charge on any atom is 0.534 e. The Bertz CT molecular complexity index is 1750. The van der Waals surface area contributed by atoms with Crippen LogP contribution in [0.2, 0.25) is 34.8 Å². The summed E-state index contributed by atoms with van der Waals surface area (Å²) in [5.74, 6) is -1.23. The summed E-state index contributed by atoms with van der Waals surface area (Å²) in [6.45, 7) is 29.2. The van der Waals surface area contributed by atoms with E-state index in [1.165, 1.54) is 12.1 Å². The summed E-state index contributed by atoms with van der Waals surface area (Å²) >= 11 is 0. The monoisotopic (exact) mass is 851 g/mol. The highest BCUT2D eigenvalue weighted by Crippen LogP contribution is 2.46. The molecule has 1 aliphatic heterocycles. The number of carbonyl (C=O) groups is 1. The Morgan fingerprint density at radius 3 is 1.96 bits per heavy atom. The second-order valence-corrected chi connectivity index (χ2v) is 30.2. The van der Waals surface area contributed by atoms with Gasteiger partial charge in [0.25, 0.3) is 8.32 Å². The minimum Gasteiger partial charge on any atom is -0.543 e. The lowest BCUT2D eigenvalue weighted by atomic mass is 9.99. The average Bonchev–Trinajstić information content (AvgIpc) is 3.22. The third-order valence-corrected chi connectivity index (χ3v) is 22.6. The molecule has 2 aromatic carbocycles. The Balaban J connectivity index is 1.95. The van der Waals surface area contributed by atoms with E-state index in [4.69, 9.17) is 22.5 Å². The Hall–Kier alpha value is -2.41. The number of hydrogen-bond donors (Lipinski definition) is 0. The Kier molecular flexibility index (Phi) is 15.3. The minimum absolute atomic E-state index is 0.00587. The minimum atomic E-state index is -6.11. The predicted molar refractivity (Wildman–Crippen MR) is 218 cm³/mol. The molecule has 0 radical (unpaired) electrons. The van der Waals surface area contributed by atoms with Crippen molar-refractivity contribution < 1.29 is 53.3 Å². The molecule has 9 nitrogen and oxygen atoms in total. The third kappa shape index (κ3) is 11.6. The highest BCUT2D eigenvalue weighted by molar-refractivity contribution is 7.88. The number of ether oxygens (including phenoxy) is 2. The molecule has 2 aromatic rings. The van der Waals surface area contributed by atoms with Gasteiger partial charge in [0, 0.05) is 24.6 Å². The first-order chi connectivity index (χ1) is 25.4. The van der Waals surface area contributed by atoms with Crippen LogP contribution in [0.1, 0.15) is 108 Å². The number of carbonyl (C=O) groups excluding carboxylic acids is 1. The van der Waals surface area contributed by atoms with Gasteiger partial charge in [-0.25, -0.2) is 9.18 Å². The van der Waals surface area contributed by atoms with Gasteiger partial charge in [-0.2, -0.15) is 21.6 Å². The second-order valence-electron chi connectivity index (χ2n) is 18.5. The number of rotatable bonds is 14. The largest absolute Gasteiger partial charge is 0.543 e. The fourth-order valence-electron chi connectivity index (χ4n) is 7.46. The summed E-state index contributed by atoms with van der Waals surface area (Å²) in [6, 6.07) is 5.33. The molecule has 0 spiro atoms. The number of amides is 1. The van der Waals surface area contributed by atoms with Crippen molar-refractivity contribution in [2.24, 2.45) is 0 Å². The summed E-state index contributed by atoms with van der Waals surface area (Å²) in [5.41, 5.74) is -6.13. The van der Waals surface area contributed by atoms with Crippen LogP contribution in [0.4, 0.5) is 22.4 Å². The standard InChI is InChI=1S/C40H65F4NO8SSi2/c1-26(2)56(27(3)4,28(5)6)53-32-22-29-17-20-34(41)33(36(29)35(23-32)51-54(47,48)40(42,43)44)16-15-21-49-30-18-19-31(52-55(13,14)39(10,11)12)25-45(24-30)37(46)50-38(7,8)9/h17,20,22-23,26-28,30-31H,15-16,18-19,21,24-25H2,1-14H3/t30-,31+/m1/s1. The number of hydrogen-bond acceptors (Lipinski definition) is 8. The van der Waals surface area contributed by atoms with Crippen molar-refractivity contribution in [3.8, 4) is 11.5 Å². The number of likely N-dealkylation sites (tertiary alicyclic amines) is 1. The van der Waals surface area contributed by atoms with Crippen LogP contribution in [-0.4, -0.2) is 79.1 Å². The van der Waals surface area contributed by atoms with Crippen molar-refractivity contribution >= 4 is 43.6 Å². The lowest BCUT2D eigenvalue weighted by molar-refractivity contribution is -0.0499. The molecule has 1 heterocycles. The van der Waals surface area contributed by atoms with Crippen LogP contribution in [0.5, 0.6) is 11.5 Å². The maximum absolute atomic E-state index is 15.7. The van der Waals surface area contributed by atoms with Crippen molar-refractivity contribution in [1.29, 1.82) is 0 Å². The molecule has 0 saturated carbocycles. The number of benzene rings is 2. The fraction of sp³-hybridized carbons (Fsp3) is 0.725. The highest BCUT2D eigenvalue weighted by atomic mass is 32.2. The van der Waals surface area contributed by atoms with E-state index in [2.05, 4.69) is 33.9 Å². The first-order valence-corrected chi connectivity index (χ1v) is 26.1. The molecule has 2 atom stereocenters. The van der Waals surface area contributed by atoms with Gasteiger partial charge < -0.3 is 27.4 Å². The number of aryl methyl sites for hydroxylation is 1. The zero-order valence-corrected chi connectivity index (χ0v) is 38.6. The maximum atomic E-state index is 15.7. The highest BCUT2D eigenvalue weighted by Gasteiger charge is 2.50. The van der Waals surface area contributed by atoms with Crippen LogP contribution in [0, 0.1) is 5.82 Å². The van der Waals surface area contributed by atoms with Crippen molar-refractivity contribution in [1.82, 2.24) is 4.90 Å². The summed E-state index contributed by atoms with van der Waals surface area (Å²) in [4.78, 5) is 14.9. The van der Waals surface area contributed by atoms with E-state index in [1.807, 2.05) is 41.5 Å². The predicted octanol–water partition coefficient (Wildman–Crippen LogP) is 11.5. The number of nitrogens with zero attached hydrogens (tertiary/aromatic N) is 1. The lowest BCUT2D eigenvalue weighted by Crippen LogP contribution is -2.50. The first kappa shape index (κ1) is 48.0. The molecule has 0 aliphatic carbocycles. The second kappa shape index (κ2) is 17.8. The van der Waals surface area contributed by atoms with Crippen LogP contribution >= 0.6 is 0 Å². The van der Waals surface area contributed by atoms with Gasteiger partial charge in [0.05, 0.1) is 18.8 Å². The molecule has 320 valence electrons. The lowest BCUT2D eigenvalue weighted by Gasteiger charge is -2.42. The smallest absolute Gasteiger partial charge is 0.534 e. The molecule has 1 aliphatic rings. The average molecular weight is 852 g/mol. The molecule has 0 N–H and O–H groups in total. The van der Waals surface area contributed by atoms with E-state index in [1.54, 1.807) is 31.7 Å². The van der Waals surface area contributed by atoms with Gasteiger partial charge in [0.2, 0.25) is 0 Å². The zero-order chi connectivity index (χ0) is 42.8. The van der Waals surface area contributed by atoms with Crippen LogP contribution in [-0.2, 0) is 30.4 Å². The first-order valence-electron chi connectivity index (χ1n) is 19.6. The quantitative estimate of drug-likeness (QED) is 0.0609. The van der Waals surface area contributed by atoms with E-state index < -0.39 is 61.6 Å². The Morgan fingerprint density at radius 1 is 0.893 bits per heavy atom. The van der Waals surface area contributed by atoms with E-state index in [0.29, 0.717) is 19.4 Å². The van der Waals surface area contributed by atoms with Crippen LogP contribution in [0.15, 0.2) is 24.3 Å². The molecule has 0 aromatic heterocycles. The van der Waals surface area contributed by atoms with Gasteiger partial charge in [-0.3, -0.25) is 0 Å². The van der Waals surface area contributed by atoms with Crippen LogP contribution < -0.4 is 8.61 Å². The molecule has 1 amide bonds.